The summed E-state index contributed by atoms with van der Waals surface area (Å²) >= 11 is 0. The number of amides is 1. The highest BCUT2D eigenvalue weighted by Crippen LogP contribution is 2.30. The van der Waals surface area contributed by atoms with Crippen LogP contribution in [0.3, 0.4) is 0 Å². The largest absolute Gasteiger partial charge is 0.475 e. The Morgan fingerprint density at radius 1 is 1.10 bits per heavy atom. The molecule has 214 valence electrons. The molecule has 0 unspecified atom stereocenters. The van der Waals surface area contributed by atoms with Crippen molar-refractivity contribution >= 4 is 21.9 Å². The average Bonchev–Trinajstić information content (AvgIpc) is 2.89. The van der Waals surface area contributed by atoms with Crippen LogP contribution in [0.5, 0.6) is 5.88 Å². The number of hydrazine groups is 1. The summed E-state index contributed by atoms with van der Waals surface area (Å²) in [6.45, 7) is 11.1. The van der Waals surface area contributed by atoms with Gasteiger partial charge in [-0.05, 0) is 61.9 Å². The monoisotopic (exact) mass is 565 g/mol. The van der Waals surface area contributed by atoms with Crippen LogP contribution < -0.4 is 9.46 Å². The van der Waals surface area contributed by atoms with Gasteiger partial charge in [0.05, 0.1) is 16.6 Å². The summed E-state index contributed by atoms with van der Waals surface area (Å²) in [5.74, 6) is 0.133. The molecule has 1 aliphatic rings. The number of hydrogen-bond donors (Lipinski definition) is 1. The minimum Gasteiger partial charge on any atom is -0.475 e. The van der Waals surface area contributed by atoms with Crippen molar-refractivity contribution in [3.8, 4) is 17.1 Å². The van der Waals surface area contributed by atoms with E-state index in [2.05, 4.69) is 35.5 Å². The van der Waals surface area contributed by atoms with Crippen LogP contribution in [0, 0.1) is 19.8 Å². The SMILES string of the molecule is CCCCN(C)N1C(=O)c2cccc(c2)S(=O)(=O)Nc2nc(cc(-c3c(C)cccc3C)n2)OC[C@H]1CC(C)C. The number of rotatable bonds is 7. The lowest BCUT2D eigenvalue weighted by atomic mass is 10.00. The summed E-state index contributed by atoms with van der Waals surface area (Å²) in [4.78, 5) is 23.0. The average molecular weight is 566 g/mol. The lowest BCUT2D eigenvalue weighted by Crippen LogP contribution is -2.53. The van der Waals surface area contributed by atoms with Gasteiger partial charge in [0.15, 0.2) is 0 Å². The maximum atomic E-state index is 14.0. The van der Waals surface area contributed by atoms with E-state index in [0.717, 1.165) is 29.5 Å². The van der Waals surface area contributed by atoms with Gasteiger partial charge in [-0.15, -0.1) is 0 Å². The molecule has 0 radical (unpaired) electrons. The second-order valence-electron chi connectivity index (χ2n) is 10.8. The number of nitrogens with one attached hydrogen (secondary N) is 1. The Bertz CT molecular complexity index is 1450. The first-order chi connectivity index (χ1) is 19.0. The smallest absolute Gasteiger partial charge is 0.268 e. The number of hydrogen-bond acceptors (Lipinski definition) is 7. The molecule has 0 fully saturated rings. The molecule has 0 spiro atoms. The maximum Gasteiger partial charge on any atom is 0.268 e. The van der Waals surface area contributed by atoms with Gasteiger partial charge in [-0.2, -0.15) is 4.98 Å². The number of anilines is 1. The zero-order valence-corrected chi connectivity index (χ0v) is 25.0. The fraction of sp³-hybridized carbons (Fsp3) is 0.433. The van der Waals surface area contributed by atoms with E-state index in [4.69, 9.17) is 4.74 Å². The summed E-state index contributed by atoms with van der Waals surface area (Å²) in [7, 11) is -2.21. The molecule has 4 bridgehead atoms. The van der Waals surface area contributed by atoms with E-state index in [0.29, 0.717) is 18.7 Å². The fourth-order valence-electron chi connectivity index (χ4n) is 5.06. The molecule has 2 aromatic carbocycles. The van der Waals surface area contributed by atoms with Crippen LogP contribution in [-0.2, 0) is 10.0 Å². The number of nitrogens with zero attached hydrogens (tertiary/aromatic N) is 4. The molecule has 1 aromatic heterocycles. The number of aromatic nitrogens is 2. The van der Waals surface area contributed by atoms with Gasteiger partial charge in [0.2, 0.25) is 11.8 Å². The molecule has 10 heteroatoms. The van der Waals surface area contributed by atoms with Crippen LogP contribution >= 0.6 is 0 Å². The van der Waals surface area contributed by atoms with Gasteiger partial charge in [-0.3, -0.25) is 9.80 Å². The molecule has 40 heavy (non-hydrogen) atoms. The number of carbonyl (C=O) groups is 1. The molecule has 1 amide bonds. The van der Waals surface area contributed by atoms with E-state index in [1.54, 1.807) is 23.2 Å². The minimum atomic E-state index is -4.10. The van der Waals surface area contributed by atoms with Crippen molar-refractivity contribution in [2.45, 2.75) is 64.8 Å². The third kappa shape index (κ3) is 6.62. The quantitative estimate of drug-likeness (QED) is 0.406. The molecular weight excluding hydrogens is 526 g/mol. The van der Waals surface area contributed by atoms with E-state index in [1.165, 1.54) is 12.1 Å². The predicted octanol–water partition coefficient (Wildman–Crippen LogP) is 5.46. The van der Waals surface area contributed by atoms with Gasteiger partial charge >= 0.3 is 0 Å². The molecule has 1 N–H and O–H groups in total. The molecule has 1 aliphatic heterocycles. The van der Waals surface area contributed by atoms with Crippen molar-refractivity contribution in [2.75, 3.05) is 24.9 Å². The molecule has 0 saturated carbocycles. The molecule has 3 aromatic rings. The van der Waals surface area contributed by atoms with Crippen molar-refractivity contribution in [2.24, 2.45) is 5.92 Å². The molecular formula is C30H39N5O4S. The normalized spacial score (nSPS) is 17.1. The first kappa shape index (κ1) is 29.5. The van der Waals surface area contributed by atoms with Crippen molar-refractivity contribution in [1.29, 1.82) is 0 Å². The summed E-state index contributed by atoms with van der Waals surface area (Å²) in [5, 5.41) is 3.65. The van der Waals surface area contributed by atoms with Crippen molar-refractivity contribution in [3.05, 3.63) is 65.2 Å². The maximum absolute atomic E-state index is 14.0. The minimum absolute atomic E-state index is 0.0438. The highest BCUT2D eigenvalue weighted by molar-refractivity contribution is 7.92. The molecule has 0 aliphatic carbocycles. The van der Waals surface area contributed by atoms with E-state index in [9.17, 15) is 13.2 Å². The van der Waals surface area contributed by atoms with E-state index in [-0.39, 0.29) is 46.8 Å². The number of ether oxygens (including phenoxy) is 1. The number of benzene rings is 2. The lowest BCUT2D eigenvalue weighted by molar-refractivity contribution is -0.0370. The molecule has 9 nitrogen and oxygen atoms in total. The highest BCUT2D eigenvalue weighted by atomic mass is 32.2. The van der Waals surface area contributed by atoms with E-state index in [1.807, 2.05) is 44.1 Å². The Kier molecular flexibility index (Phi) is 9.10. The second kappa shape index (κ2) is 12.3. The van der Waals surface area contributed by atoms with Gasteiger partial charge in [0, 0.05) is 30.8 Å². The van der Waals surface area contributed by atoms with Crippen LogP contribution in [0.15, 0.2) is 53.4 Å². The summed E-state index contributed by atoms with van der Waals surface area (Å²) in [6, 6.07) is 13.4. The van der Waals surface area contributed by atoms with Crippen LogP contribution in [0.4, 0.5) is 5.95 Å². The standard InChI is InChI=1S/C30H39N5O4S/c1-7-8-15-34(6)35-24(16-20(2)3)19-39-27-18-26(28-21(4)11-9-12-22(28)5)31-30(32-27)33-40(37,38)25-14-10-13-23(17-25)29(35)36/h9-14,17-18,20,24H,7-8,15-16,19H2,1-6H3,(H,31,32,33)/t24-/m1/s1. The summed E-state index contributed by atoms with van der Waals surface area (Å²) < 4.78 is 35.7. The van der Waals surface area contributed by atoms with Gasteiger partial charge in [-0.25, -0.2) is 23.1 Å². The van der Waals surface area contributed by atoms with Crippen LogP contribution in [0.2, 0.25) is 0 Å². The first-order valence-corrected chi connectivity index (χ1v) is 15.2. The van der Waals surface area contributed by atoms with E-state index >= 15 is 0 Å². The summed E-state index contributed by atoms with van der Waals surface area (Å²) in [5.41, 5.74) is 3.71. The van der Waals surface area contributed by atoms with Gasteiger partial charge in [0.1, 0.15) is 6.61 Å². The number of sulfonamides is 1. The van der Waals surface area contributed by atoms with Gasteiger partial charge < -0.3 is 4.74 Å². The Balaban J connectivity index is 1.90. The fourth-order valence-corrected chi connectivity index (χ4v) is 6.05. The van der Waals surface area contributed by atoms with Crippen LogP contribution in [0.1, 0.15) is 61.5 Å². The topological polar surface area (TPSA) is 105 Å². The molecule has 0 saturated heterocycles. The van der Waals surface area contributed by atoms with Crippen LogP contribution in [-0.4, -0.2) is 60.6 Å². The molecule has 2 heterocycles. The van der Waals surface area contributed by atoms with E-state index < -0.39 is 10.0 Å². The zero-order valence-electron chi connectivity index (χ0n) is 24.1. The second-order valence-corrected chi connectivity index (χ2v) is 12.5. The molecule has 1 atom stereocenters. The molecule has 4 rings (SSSR count). The number of carbonyl (C=O) groups excluding carboxylic acids is 1. The third-order valence-corrected chi connectivity index (χ3v) is 8.31. The van der Waals surface area contributed by atoms with Crippen molar-refractivity contribution in [1.82, 2.24) is 20.0 Å². The van der Waals surface area contributed by atoms with Crippen molar-refractivity contribution < 1.29 is 17.9 Å². The lowest BCUT2D eigenvalue weighted by Gasteiger charge is -2.39. The van der Waals surface area contributed by atoms with Crippen LogP contribution in [0.25, 0.3) is 11.3 Å². The highest BCUT2D eigenvalue weighted by Gasteiger charge is 2.31. The Morgan fingerprint density at radius 2 is 1.80 bits per heavy atom. The number of unbranched alkanes of at least 4 members (excludes halogenated alkanes) is 1. The Labute approximate surface area is 237 Å². The van der Waals surface area contributed by atoms with Gasteiger partial charge in [-0.1, -0.05) is 51.5 Å². The Morgan fingerprint density at radius 3 is 2.48 bits per heavy atom. The predicted molar refractivity (Wildman–Crippen MR) is 157 cm³/mol. The third-order valence-electron chi connectivity index (χ3n) is 6.98. The summed E-state index contributed by atoms with van der Waals surface area (Å²) in [6.07, 6.45) is 2.56. The number of aryl methyl sites for hydroxylation is 2. The van der Waals surface area contributed by atoms with Gasteiger partial charge in [0.25, 0.3) is 15.9 Å². The van der Waals surface area contributed by atoms with Crippen molar-refractivity contribution in [3.63, 3.8) is 0 Å². The first-order valence-electron chi connectivity index (χ1n) is 13.8. The zero-order chi connectivity index (χ0) is 29.0. The Hall–Kier alpha value is -3.50. The number of fused-ring (bicyclic) bond motifs is 4.